The van der Waals surface area contributed by atoms with Crippen molar-refractivity contribution in [2.24, 2.45) is 12.0 Å². The molecule has 7 nitrogen and oxygen atoms in total. The minimum Gasteiger partial charge on any atom is -0.385 e. The fraction of sp³-hybridized carbons (Fsp3) is 0.500. The van der Waals surface area contributed by atoms with Crippen molar-refractivity contribution in [3.63, 3.8) is 0 Å². The van der Waals surface area contributed by atoms with E-state index in [0.29, 0.717) is 31.2 Å². The molecular weight excluding hydrogens is 481 g/mol. The van der Waals surface area contributed by atoms with Gasteiger partial charge in [-0.05, 0) is 38.0 Å². The Balaban J connectivity index is 0.00000392. The summed E-state index contributed by atoms with van der Waals surface area (Å²) in [4.78, 5) is 4.53. The number of aryl methyl sites for hydroxylation is 1. The molecule has 0 radical (unpaired) electrons. The number of nitrogens with zero attached hydrogens (tertiary/aromatic N) is 4. The average Bonchev–Trinajstić information content (AvgIpc) is 2.97. The van der Waals surface area contributed by atoms with Gasteiger partial charge in [-0.3, -0.25) is 0 Å². The number of nitrogens with one attached hydrogen (secondary N) is 2. The number of hydrogen-bond donors (Lipinski definition) is 2. The standard InChI is InChI=1S/C18H26F2N6O.HI/c1-12(14-6-7-15(19)16(20)10-14)23-18(21-8-5-9-27-4)22-11-17-25-24-13(2)26(17)3;/h6-7,10,12H,5,8-9,11H2,1-4H3,(H2,21,22,23);1H. The number of aliphatic imine (C=N–C) groups is 1. The van der Waals surface area contributed by atoms with Gasteiger partial charge >= 0.3 is 0 Å². The molecule has 1 aromatic heterocycles. The summed E-state index contributed by atoms with van der Waals surface area (Å²) in [6, 6.07) is 3.58. The zero-order valence-electron chi connectivity index (χ0n) is 16.5. The van der Waals surface area contributed by atoms with E-state index in [9.17, 15) is 8.78 Å². The lowest BCUT2D eigenvalue weighted by Gasteiger charge is -2.19. The molecule has 2 aromatic rings. The molecule has 0 bridgehead atoms. The number of hydrogen-bond acceptors (Lipinski definition) is 4. The first kappa shape index (κ1) is 24.2. The van der Waals surface area contributed by atoms with E-state index in [4.69, 9.17) is 4.74 Å². The summed E-state index contributed by atoms with van der Waals surface area (Å²) >= 11 is 0. The van der Waals surface area contributed by atoms with Crippen LogP contribution in [-0.2, 0) is 18.3 Å². The molecule has 1 aromatic carbocycles. The molecule has 0 spiro atoms. The first-order valence-corrected chi connectivity index (χ1v) is 8.76. The molecule has 2 N–H and O–H groups in total. The van der Waals surface area contributed by atoms with Gasteiger partial charge in [-0.1, -0.05) is 6.07 Å². The second-order valence-electron chi connectivity index (χ2n) is 6.20. The fourth-order valence-corrected chi connectivity index (χ4v) is 2.38. The van der Waals surface area contributed by atoms with E-state index < -0.39 is 11.6 Å². The van der Waals surface area contributed by atoms with Gasteiger partial charge in [0.2, 0.25) is 0 Å². The van der Waals surface area contributed by atoms with E-state index in [1.165, 1.54) is 6.07 Å². The van der Waals surface area contributed by atoms with Crippen LogP contribution in [0.3, 0.4) is 0 Å². The van der Waals surface area contributed by atoms with Crippen molar-refractivity contribution >= 4 is 29.9 Å². The van der Waals surface area contributed by atoms with Crippen LogP contribution in [0.1, 0.15) is 36.6 Å². The number of methoxy groups -OCH3 is 1. The van der Waals surface area contributed by atoms with Gasteiger partial charge in [0.15, 0.2) is 23.4 Å². The summed E-state index contributed by atoms with van der Waals surface area (Å²) in [7, 11) is 3.53. The number of aromatic nitrogens is 3. The Bertz CT molecular complexity index is 783. The van der Waals surface area contributed by atoms with E-state index in [0.717, 1.165) is 24.1 Å². The molecule has 0 fully saturated rings. The van der Waals surface area contributed by atoms with Crippen LogP contribution in [0.25, 0.3) is 0 Å². The third-order valence-electron chi connectivity index (χ3n) is 4.18. The first-order valence-electron chi connectivity index (χ1n) is 8.76. The molecule has 0 aliphatic heterocycles. The number of guanidine groups is 1. The normalized spacial score (nSPS) is 12.4. The molecule has 0 saturated heterocycles. The minimum absolute atomic E-state index is 0. The third-order valence-corrected chi connectivity index (χ3v) is 4.18. The molecule has 156 valence electrons. The van der Waals surface area contributed by atoms with Crippen molar-refractivity contribution in [3.05, 3.63) is 47.0 Å². The minimum atomic E-state index is -0.873. The predicted molar refractivity (Wildman–Crippen MR) is 115 cm³/mol. The van der Waals surface area contributed by atoms with Crippen molar-refractivity contribution in [3.8, 4) is 0 Å². The molecule has 1 atom stereocenters. The molecule has 0 aliphatic rings. The van der Waals surface area contributed by atoms with Crippen LogP contribution >= 0.6 is 24.0 Å². The quantitative estimate of drug-likeness (QED) is 0.248. The van der Waals surface area contributed by atoms with Gasteiger partial charge in [0.05, 0.1) is 6.04 Å². The van der Waals surface area contributed by atoms with E-state index in [1.54, 1.807) is 13.2 Å². The molecule has 28 heavy (non-hydrogen) atoms. The van der Waals surface area contributed by atoms with Crippen LogP contribution in [0.15, 0.2) is 23.2 Å². The summed E-state index contributed by atoms with van der Waals surface area (Å²) < 4.78 is 33.6. The Labute approximate surface area is 181 Å². The predicted octanol–water partition coefficient (Wildman–Crippen LogP) is 2.85. The number of halogens is 3. The van der Waals surface area contributed by atoms with Gasteiger partial charge in [0.25, 0.3) is 0 Å². The molecule has 10 heteroatoms. The summed E-state index contributed by atoms with van der Waals surface area (Å²) in [5.74, 6) is 0.338. The zero-order valence-corrected chi connectivity index (χ0v) is 18.8. The Morgan fingerprint density at radius 3 is 2.64 bits per heavy atom. The van der Waals surface area contributed by atoms with Crippen molar-refractivity contribution in [2.45, 2.75) is 32.9 Å². The van der Waals surface area contributed by atoms with Gasteiger partial charge in [-0.25, -0.2) is 13.8 Å². The van der Waals surface area contributed by atoms with Crippen LogP contribution in [0, 0.1) is 18.6 Å². The Hall–Kier alpha value is -1.82. The zero-order chi connectivity index (χ0) is 19.8. The second-order valence-corrected chi connectivity index (χ2v) is 6.20. The van der Waals surface area contributed by atoms with E-state index in [-0.39, 0.29) is 30.0 Å². The lowest BCUT2D eigenvalue weighted by Crippen LogP contribution is -2.39. The van der Waals surface area contributed by atoms with Crippen molar-refractivity contribution in [2.75, 3.05) is 20.3 Å². The van der Waals surface area contributed by atoms with Gasteiger partial charge < -0.3 is 19.9 Å². The largest absolute Gasteiger partial charge is 0.385 e. The number of ether oxygens (including phenoxy) is 1. The molecule has 1 unspecified atom stereocenters. The maximum Gasteiger partial charge on any atom is 0.192 e. The summed E-state index contributed by atoms with van der Waals surface area (Å²) in [5.41, 5.74) is 0.620. The molecule has 2 rings (SSSR count). The molecule has 0 amide bonds. The Kier molecular flexibility index (Phi) is 10.3. The van der Waals surface area contributed by atoms with Crippen LogP contribution in [0.4, 0.5) is 8.78 Å². The number of benzene rings is 1. The van der Waals surface area contributed by atoms with Gasteiger partial charge in [0, 0.05) is 27.3 Å². The topological polar surface area (TPSA) is 76.4 Å². The maximum absolute atomic E-state index is 13.5. The highest BCUT2D eigenvalue weighted by Crippen LogP contribution is 2.15. The SMILES string of the molecule is COCCCNC(=NCc1nnc(C)n1C)NC(C)c1ccc(F)c(F)c1.I. The van der Waals surface area contributed by atoms with Crippen molar-refractivity contribution in [1.82, 2.24) is 25.4 Å². The summed E-state index contributed by atoms with van der Waals surface area (Å²) in [6.07, 6.45) is 0.805. The Morgan fingerprint density at radius 1 is 1.29 bits per heavy atom. The van der Waals surface area contributed by atoms with Gasteiger partial charge in [-0.2, -0.15) is 0 Å². The smallest absolute Gasteiger partial charge is 0.192 e. The monoisotopic (exact) mass is 508 g/mol. The van der Waals surface area contributed by atoms with Crippen LogP contribution in [0.2, 0.25) is 0 Å². The first-order chi connectivity index (χ1) is 12.9. The van der Waals surface area contributed by atoms with E-state index in [1.807, 2.05) is 25.5 Å². The molecule has 0 aliphatic carbocycles. The maximum atomic E-state index is 13.5. The highest BCUT2D eigenvalue weighted by molar-refractivity contribution is 14.0. The molecular formula is C18H27F2IN6O. The van der Waals surface area contributed by atoms with Gasteiger partial charge in [0.1, 0.15) is 12.4 Å². The second kappa shape index (κ2) is 11.9. The van der Waals surface area contributed by atoms with Crippen LogP contribution in [-0.4, -0.2) is 41.0 Å². The summed E-state index contributed by atoms with van der Waals surface area (Å²) in [5, 5.41) is 14.5. The molecule has 0 saturated carbocycles. The fourth-order valence-electron chi connectivity index (χ4n) is 2.38. The summed E-state index contributed by atoms with van der Waals surface area (Å²) in [6.45, 7) is 5.34. The lowest BCUT2D eigenvalue weighted by atomic mass is 10.1. The van der Waals surface area contributed by atoms with E-state index >= 15 is 0 Å². The highest BCUT2D eigenvalue weighted by Gasteiger charge is 2.12. The third kappa shape index (κ3) is 6.97. The van der Waals surface area contributed by atoms with Crippen molar-refractivity contribution < 1.29 is 13.5 Å². The van der Waals surface area contributed by atoms with Crippen LogP contribution in [0.5, 0.6) is 0 Å². The highest BCUT2D eigenvalue weighted by atomic mass is 127. The van der Waals surface area contributed by atoms with E-state index in [2.05, 4.69) is 25.8 Å². The molecule has 1 heterocycles. The van der Waals surface area contributed by atoms with Gasteiger partial charge in [-0.15, -0.1) is 34.2 Å². The number of rotatable bonds is 8. The van der Waals surface area contributed by atoms with Crippen LogP contribution < -0.4 is 10.6 Å². The Morgan fingerprint density at radius 2 is 2.04 bits per heavy atom. The van der Waals surface area contributed by atoms with Crippen molar-refractivity contribution in [1.29, 1.82) is 0 Å². The lowest BCUT2D eigenvalue weighted by molar-refractivity contribution is 0.195. The average molecular weight is 508 g/mol.